The Morgan fingerprint density at radius 2 is 1.56 bits per heavy atom. The molecular formula is C35H27N. The van der Waals surface area contributed by atoms with E-state index < -0.39 is 0 Å². The summed E-state index contributed by atoms with van der Waals surface area (Å²) in [6, 6.07) is 35.4. The second-order valence-corrected chi connectivity index (χ2v) is 9.59. The summed E-state index contributed by atoms with van der Waals surface area (Å²) < 4.78 is 0. The van der Waals surface area contributed by atoms with Crippen molar-refractivity contribution in [1.82, 2.24) is 0 Å². The van der Waals surface area contributed by atoms with Gasteiger partial charge in [0.25, 0.3) is 0 Å². The monoisotopic (exact) mass is 461 g/mol. The Balaban J connectivity index is 1.61. The SMILES string of the molecule is C/C(C#N)=C\Cc1cccc(-c2c3c(c(-c4ccc5ccccc5c4)c4ccccc24)CCC=C3)c1. The third-order valence-corrected chi connectivity index (χ3v) is 7.28. The van der Waals surface area contributed by atoms with Gasteiger partial charge in [0.1, 0.15) is 0 Å². The van der Waals surface area contributed by atoms with E-state index in [4.69, 9.17) is 5.26 Å². The standard InChI is InChI=1S/C35H27N/c1-24(23-36)17-18-25-9-8-12-28(21-25)34-30-13-4-6-15-32(30)35(33-16-7-5-14-31(33)34)29-20-19-26-10-2-3-11-27(26)22-29/h2-6,8-15,17,19-22H,7,16,18H2,1H3/b24-17+. The van der Waals surface area contributed by atoms with Gasteiger partial charge >= 0.3 is 0 Å². The second kappa shape index (κ2) is 9.33. The van der Waals surface area contributed by atoms with Crippen molar-refractivity contribution >= 4 is 27.6 Å². The van der Waals surface area contributed by atoms with Crippen molar-refractivity contribution in [2.45, 2.75) is 26.2 Å². The van der Waals surface area contributed by atoms with E-state index in [-0.39, 0.29) is 0 Å². The van der Waals surface area contributed by atoms with E-state index in [2.05, 4.69) is 109 Å². The van der Waals surface area contributed by atoms with Gasteiger partial charge in [-0.1, -0.05) is 103 Å². The molecule has 1 nitrogen and oxygen atoms in total. The fourth-order valence-electron chi connectivity index (χ4n) is 5.54. The van der Waals surface area contributed by atoms with Crippen molar-refractivity contribution in [2.75, 3.05) is 0 Å². The zero-order valence-corrected chi connectivity index (χ0v) is 20.5. The summed E-state index contributed by atoms with van der Waals surface area (Å²) in [5, 5.41) is 14.3. The highest BCUT2D eigenvalue weighted by Crippen LogP contribution is 2.45. The lowest BCUT2D eigenvalue weighted by atomic mass is 9.80. The van der Waals surface area contributed by atoms with E-state index in [1.54, 1.807) is 0 Å². The van der Waals surface area contributed by atoms with Gasteiger partial charge in [-0.15, -0.1) is 0 Å². The summed E-state index contributed by atoms with van der Waals surface area (Å²) in [5.41, 5.74) is 9.95. The van der Waals surface area contributed by atoms with Gasteiger partial charge in [0.05, 0.1) is 6.07 Å². The van der Waals surface area contributed by atoms with E-state index >= 15 is 0 Å². The van der Waals surface area contributed by atoms with Crippen LogP contribution >= 0.6 is 0 Å². The highest BCUT2D eigenvalue weighted by Gasteiger charge is 2.21. The van der Waals surface area contributed by atoms with Crippen molar-refractivity contribution < 1.29 is 0 Å². The summed E-state index contributed by atoms with van der Waals surface area (Å²) in [5.74, 6) is 0. The molecule has 0 amide bonds. The number of rotatable bonds is 4. The van der Waals surface area contributed by atoms with Gasteiger partial charge in [-0.25, -0.2) is 0 Å². The topological polar surface area (TPSA) is 23.8 Å². The maximum Gasteiger partial charge on any atom is 0.0940 e. The summed E-state index contributed by atoms with van der Waals surface area (Å²) >= 11 is 0. The van der Waals surface area contributed by atoms with Crippen LogP contribution in [0.25, 0.3) is 49.9 Å². The zero-order chi connectivity index (χ0) is 24.5. The number of nitriles is 1. The van der Waals surface area contributed by atoms with Crippen LogP contribution in [0.2, 0.25) is 0 Å². The molecule has 1 aliphatic carbocycles. The van der Waals surface area contributed by atoms with Crippen molar-refractivity contribution in [2.24, 2.45) is 0 Å². The Kier molecular flexibility index (Phi) is 5.72. The fraction of sp³-hybridized carbons (Fsp3) is 0.114. The first kappa shape index (κ1) is 22.1. The molecule has 0 unspecified atom stereocenters. The molecule has 172 valence electrons. The van der Waals surface area contributed by atoms with Crippen LogP contribution in [0.3, 0.4) is 0 Å². The Hall–Kier alpha value is -4.41. The third-order valence-electron chi connectivity index (χ3n) is 7.28. The van der Waals surface area contributed by atoms with E-state index in [1.165, 1.54) is 60.5 Å². The minimum absolute atomic E-state index is 0.755. The highest BCUT2D eigenvalue weighted by atomic mass is 14.3. The van der Waals surface area contributed by atoms with Gasteiger partial charge in [0.15, 0.2) is 0 Å². The third kappa shape index (κ3) is 3.92. The van der Waals surface area contributed by atoms with E-state index in [1.807, 2.05) is 13.0 Å². The number of benzene rings is 5. The van der Waals surface area contributed by atoms with Gasteiger partial charge in [-0.05, 0) is 92.7 Å². The lowest BCUT2D eigenvalue weighted by Gasteiger charge is -2.24. The average Bonchev–Trinajstić information content (AvgIpc) is 2.94. The minimum Gasteiger partial charge on any atom is -0.193 e. The van der Waals surface area contributed by atoms with Gasteiger partial charge in [-0.3, -0.25) is 0 Å². The predicted octanol–water partition coefficient (Wildman–Crippen LogP) is 9.30. The summed E-state index contributed by atoms with van der Waals surface area (Å²) in [7, 11) is 0. The van der Waals surface area contributed by atoms with E-state index in [0.29, 0.717) is 0 Å². The summed E-state index contributed by atoms with van der Waals surface area (Å²) in [6.07, 6.45) is 9.51. The van der Waals surface area contributed by atoms with Gasteiger partial charge in [-0.2, -0.15) is 5.26 Å². The van der Waals surface area contributed by atoms with Crippen LogP contribution in [0.1, 0.15) is 30.0 Å². The van der Waals surface area contributed by atoms with Crippen LogP contribution in [-0.4, -0.2) is 0 Å². The molecule has 0 saturated carbocycles. The molecule has 0 aliphatic heterocycles. The van der Waals surface area contributed by atoms with Gasteiger partial charge in [0.2, 0.25) is 0 Å². The van der Waals surface area contributed by atoms with Crippen molar-refractivity contribution in [3.63, 3.8) is 0 Å². The van der Waals surface area contributed by atoms with E-state index in [0.717, 1.165) is 24.8 Å². The molecule has 0 atom stereocenters. The molecule has 0 heterocycles. The lowest BCUT2D eigenvalue weighted by Crippen LogP contribution is -2.02. The van der Waals surface area contributed by atoms with Crippen LogP contribution in [-0.2, 0) is 12.8 Å². The first-order chi connectivity index (χ1) is 17.7. The fourth-order valence-corrected chi connectivity index (χ4v) is 5.54. The first-order valence-electron chi connectivity index (χ1n) is 12.6. The molecule has 0 bridgehead atoms. The average molecular weight is 462 g/mol. The van der Waals surface area contributed by atoms with Gasteiger partial charge in [0, 0.05) is 5.57 Å². The van der Waals surface area contributed by atoms with Crippen molar-refractivity contribution in [1.29, 1.82) is 5.26 Å². The summed E-state index contributed by atoms with van der Waals surface area (Å²) in [6.45, 7) is 1.87. The smallest absolute Gasteiger partial charge is 0.0940 e. The van der Waals surface area contributed by atoms with E-state index in [9.17, 15) is 0 Å². The van der Waals surface area contributed by atoms with Crippen molar-refractivity contribution in [3.05, 3.63) is 125 Å². The molecule has 0 saturated heterocycles. The van der Waals surface area contributed by atoms with Crippen LogP contribution < -0.4 is 0 Å². The largest absolute Gasteiger partial charge is 0.193 e. The summed E-state index contributed by atoms with van der Waals surface area (Å²) in [4.78, 5) is 0. The quantitative estimate of drug-likeness (QED) is 0.245. The molecule has 1 aliphatic rings. The van der Waals surface area contributed by atoms with Crippen LogP contribution in [0.5, 0.6) is 0 Å². The molecule has 6 rings (SSSR count). The first-order valence-corrected chi connectivity index (χ1v) is 12.6. The number of nitrogens with zero attached hydrogens (tertiary/aromatic N) is 1. The molecule has 0 fully saturated rings. The number of hydrogen-bond donors (Lipinski definition) is 0. The molecule has 0 spiro atoms. The Labute approximate surface area is 212 Å². The second-order valence-electron chi connectivity index (χ2n) is 9.59. The number of hydrogen-bond acceptors (Lipinski definition) is 1. The molecule has 5 aromatic rings. The Morgan fingerprint density at radius 3 is 2.39 bits per heavy atom. The molecular weight excluding hydrogens is 434 g/mol. The predicted molar refractivity (Wildman–Crippen MR) is 153 cm³/mol. The zero-order valence-electron chi connectivity index (χ0n) is 20.5. The molecule has 0 aromatic heterocycles. The minimum atomic E-state index is 0.755. The molecule has 5 aromatic carbocycles. The number of fused-ring (bicyclic) bond motifs is 3. The van der Waals surface area contributed by atoms with Crippen LogP contribution in [0.15, 0.2) is 109 Å². The molecule has 1 heteroatoms. The maximum absolute atomic E-state index is 9.15. The lowest BCUT2D eigenvalue weighted by molar-refractivity contribution is 0.991. The van der Waals surface area contributed by atoms with Crippen molar-refractivity contribution in [3.8, 4) is 28.3 Å². The molecule has 36 heavy (non-hydrogen) atoms. The highest BCUT2D eigenvalue weighted by molar-refractivity contribution is 6.10. The van der Waals surface area contributed by atoms with Crippen LogP contribution in [0.4, 0.5) is 0 Å². The Morgan fingerprint density at radius 1 is 0.806 bits per heavy atom. The van der Waals surface area contributed by atoms with Gasteiger partial charge < -0.3 is 0 Å². The normalized spacial score (nSPS) is 13.1. The molecule has 0 radical (unpaired) electrons. The maximum atomic E-state index is 9.15. The number of allylic oxidation sites excluding steroid dienone is 3. The Bertz CT molecular complexity index is 1730. The molecule has 0 N–H and O–H groups in total. The van der Waals surface area contributed by atoms with Crippen LogP contribution in [0, 0.1) is 11.3 Å².